The molecule has 0 aliphatic carbocycles. The molecule has 0 aromatic heterocycles. The van der Waals surface area contributed by atoms with Crippen molar-refractivity contribution < 1.29 is 9.53 Å². The van der Waals surface area contributed by atoms with Crippen LogP contribution in [-0.2, 0) is 4.74 Å². The molecule has 0 unspecified atom stereocenters. The highest BCUT2D eigenvalue weighted by Crippen LogP contribution is 2.05. The van der Waals surface area contributed by atoms with Crippen molar-refractivity contribution >= 4 is 6.03 Å². The molecule has 0 spiro atoms. The van der Waals surface area contributed by atoms with Crippen LogP contribution >= 0.6 is 0 Å². The first kappa shape index (κ1) is 11.8. The number of methoxy groups -OCH3 is 1. The Morgan fingerprint density at radius 2 is 2.27 bits per heavy atom. The number of urea groups is 1. The smallest absolute Gasteiger partial charge is 0.322 e. The van der Waals surface area contributed by atoms with Crippen molar-refractivity contribution in [3.05, 3.63) is 24.4 Å². The van der Waals surface area contributed by atoms with Crippen LogP contribution in [0.1, 0.15) is 13.8 Å². The molecule has 0 radical (unpaired) electrons. The zero-order valence-corrected chi connectivity index (χ0v) is 9.49. The third-order valence-electron chi connectivity index (χ3n) is 2.03. The van der Waals surface area contributed by atoms with E-state index in [0.717, 1.165) is 0 Å². The molecule has 0 saturated carbocycles. The SMILES string of the molecule is COCC(C)(C)NC(=O)N1C=CC=CC1. The van der Waals surface area contributed by atoms with Gasteiger partial charge < -0.3 is 10.1 Å². The summed E-state index contributed by atoms with van der Waals surface area (Å²) in [6.45, 7) is 4.97. The maximum absolute atomic E-state index is 11.8. The molecular weight excluding hydrogens is 192 g/mol. The van der Waals surface area contributed by atoms with E-state index in [2.05, 4.69) is 5.32 Å². The van der Waals surface area contributed by atoms with Crippen molar-refractivity contribution in [2.24, 2.45) is 0 Å². The monoisotopic (exact) mass is 210 g/mol. The van der Waals surface area contributed by atoms with Crippen molar-refractivity contribution in [3.63, 3.8) is 0 Å². The molecule has 0 aromatic carbocycles. The van der Waals surface area contributed by atoms with Gasteiger partial charge in [0, 0.05) is 19.9 Å². The predicted molar refractivity (Wildman–Crippen MR) is 59.5 cm³/mol. The van der Waals surface area contributed by atoms with E-state index in [4.69, 9.17) is 4.74 Å². The van der Waals surface area contributed by atoms with Crippen LogP contribution in [-0.4, -0.2) is 36.7 Å². The Balaban J connectivity index is 2.48. The summed E-state index contributed by atoms with van der Waals surface area (Å²) < 4.78 is 5.03. The lowest BCUT2D eigenvalue weighted by Gasteiger charge is -2.29. The van der Waals surface area contributed by atoms with Gasteiger partial charge in [0.1, 0.15) is 0 Å². The van der Waals surface area contributed by atoms with Gasteiger partial charge in [-0.1, -0.05) is 12.2 Å². The molecule has 1 rings (SSSR count). The number of nitrogens with one attached hydrogen (secondary N) is 1. The molecule has 0 bridgehead atoms. The zero-order valence-electron chi connectivity index (χ0n) is 9.49. The number of amides is 2. The maximum Gasteiger partial charge on any atom is 0.322 e. The minimum absolute atomic E-state index is 0.0994. The van der Waals surface area contributed by atoms with Gasteiger partial charge in [-0.25, -0.2) is 4.79 Å². The molecule has 0 fully saturated rings. The molecule has 4 heteroatoms. The van der Waals surface area contributed by atoms with Crippen molar-refractivity contribution in [1.82, 2.24) is 10.2 Å². The molecule has 1 aliphatic rings. The molecule has 0 aromatic rings. The molecule has 4 nitrogen and oxygen atoms in total. The minimum atomic E-state index is -0.346. The van der Waals surface area contributed by atoms with E-state index < -0.39 is 0 Å². The quantitative estimate of drug-likeness (QED) is 0.767. The highest BCUT2D eigenvalue weighted by molar-refractivity contribution is 5.76. The normalized spacial score (nSPS) is 15.5. The molecule has 0 saturated heterocycles. The standard InChI is InChI=1S/C11H18N2O2/c1-11(2,9-15-3)12-10(14)13-7-5-4-6-8-13/h4-7H,8-9H2,1-3H3,(H,12,14). The van der Waals surface area contributed by atoms with Gasteiger partial charge in [0.25, 0.3) is 0 Å². The Kier molecular flexibility index (Phi) is 3.91. The fourth-order valence-electron chi connectivity index (χ4n) is 1.38. The predicted octanol–water partition coefficient (Wildman–Crippen LogP) is 1.51. The van der Waals surface area contributed by atoms with E-state index in [1.807, 2.05) is 32.1 Å². The Morgan fingerprint density at radius 1 is 1.53 bits per heavy atom. The summed E-state index contributed by atoms with van der Waals surface area (Å²) in [5, 5.41) is 2.90. The Labute approximate surface area is 90.6 Å². The van der Waals surface area contributed by atoms with E-state index in [1.54, 1.807) is 18.2 Å². The van der Waals surface area contributed by atoms with Crippen LogP contribution in [0.15, 0.2) is 24.4 Å². The average molecular weight is 210 g/mol. The number of allylic oxidation sites excluding steroid dienone is 2. The first-order valence-corrected chi connectivity index (χ1v) is 4.96. The highest BCUT2D eigenvalue weighted by Gasteiger charge is 2.22. The number of rotatable bonds is 3. The molecule has 0 atom stereocenters. The third kappa shape index (κ3) is 3.75. The van der Waals surface area contributed by atoms with Crippen LogP contribution in [0.2, 0.25) is 0 Å². The van der Waals surface area contributed by atoms with E-state index in [0.29, 0.717) is 13.2 Å². The summed E-state index contributed by atoms with van der Waals surface area (Å²) in [6, 6.07) is -0.0994. The highest BCUT2D eigenvalue weighted by atomic mass is 16.5. The van der Waals surface area contributed by atoms with Crippen LogP contribution in [0, 0.1) is 0 Å². The van der Waals surface area contributed by atoms with Gasteiger partial charge in [0.05, 0.1) is 12.1 Å². The van der Waals surface area contributed by atoms with Gasteiger partial charge in [-0.2, -0.15) is 0 Å². The molecule has 2 amide bonds. The first-order valence-electron chi connectivity index (χ1n) is 4.96. The number of carbonyl (C=O) groups is 1. The van der Waals surface area contributed by atoms with Gasteiger partial charge in [-0.3, -0.25) is 4.90 Å². The van der Waals surface area contributed by atoms with Crippen LogP contribution in [0.3, 0.4) is 0 Å². The number of hydrogen-bond donors (Lipinski definition) is 1. The van der Waals surface area contributed by atoms with E-state index in [1.165, 1.54) is 0 Å². The van der Waals surface area contributed by atoms with E-state index >= 15 is 0 Å². The molecule has 84 valence electrons. The summed E-state index contributed by atoms with van der Waals surface area (Å²) in [6.07, 6.45) is 7.46. The number of nitrogens with zero attached hydrogens (tertiary/aromatic N) is 1. The second-order valence-electron chi connectivity index (χ2n) is 4.17. The number of ether oxygens (including phenoxy) is 1. The lowest BCUT2D eigenvalue weighted by Crippen LogP contribution is -2.51. The lowest BCUT2D eigenvalue weighted by atomic mass is 10.1. The van der Waals surface area contributed by atoms with Crippen molar-refractivity contribution in [1.29, 1.82) is 0 Å². The number of hydrogen-bond acceptors (Lipinski definition) is 2. The Bertz CT molecular complexity index is 282. The van der Waals surface area contributed by atoms with Crippen LogP contribution < -0.4 is 5.32 Å². The van der Waals surface area contributed by atoms with E-state index in [9.17, 15) is 4.79 Å². The molecular formula is C11H18N2O2. The second-order valence-corrected chi connectivity index (χ2v) is 4.17. The van der Waals surface area contributed by atoms with Gasteiger partial charge in [-0.05, 0) is 19.9 Å². The second kappa shape index (κ2) is 4.98. The summed E-state index contributed by atoms with van der Waals surface area (Å²) in [5.74, 6) is 0. The van der Waals surface area contributed by atoms with Crippen LogP contribution in [0.5, 0.6) is 0 Å². The Hall–Kier alpha value is -1.29. The molecule has 1 N–H and O–H groups in total. The zero-order chi connectivity index (χ0) is 11.3. The maximum atomic E-state index is 11.8. The molecule has 1 heterocycles. The summed E-state index contributed by atoms with van der Waals surface area (Å²) in [4.78, 5) is 13.4. The summed E-state index contributed by atoms with van der Waals surface area (Å²) in [7, 11) is 1.62. The van der Waals surface area contributed by atoms with Gasteiger partial charge in [0.2, 0.25) is 0 Å². The number of carbonyl (C=O) groups excluding carboxylic acids is 1. The lowest BCUT2D eigenvalue weighted by molar-refractivity contribution is 0.127. The average Bonchev–Trinajstić information content (AvgIpc) is 2.18. The third-order valence-corrected chi connectivity index (χ3v) is 2.03. The minimum Gasteiger partial charge on any atom is -0.382 e. The van der Waals surface area contributed by atoms with Crippen LogP contribution in [0.25, 0.3) is 0 Å². The van der Waals surface area contributed by atoms with Crippen molar-refractivity contribution in [3.8, 4) is 0 Å². The first-order chi connectivity index (χ1) is 7.05. The van der Waals surface area contributed by atoms with Crippen molar-refractivity contribution in [2.45, 2.75) is 19.4 Å². The topological polar surface area (TPSA) is 41.6 Å². The van der Waals surface area contributed by atoms with Gasteiger partial charge in [0.15, 0.2) is 0 Å². The summed E-state index contributed by atoms with van der Waals surface area (Å²) in [5.41, 5.74) is -0.346. The van der Waals surface area contributed by atoms with Crippen LogP contribution in [0.4, 0.5) is 4.79 Å². The Morgan fingerprint density at radius 3 is 2.80 bits per heavy atom. The fraction of sp³-hybridized carbons (Fsp3) is 0.545. The fourth-order valence-corrected chi connectivity index (χ4v) is 1.38. The largest absolute Gasteiger partial charge is 0.382 e. The van der Waals surface area contributed by atoms with Gasteiger partial charge in [-0.15, -0.1) is 0 Å². The molecule has 1 aliphatic heterocycles. The van der Waals surface area contributed by atoms with Gasteiger partial charge >= 0.3 is 6.03 Å². The van der Waals surface area contributed by atoms with E-state index in [-0.39, 0.29) is 11.6 Å². The van der Waals surface area contributed by atoms with Crippen molar-refractivity contribution in [2.75, 3.05) is 20.3 Å². The molecule has 15 heavy (non-hydrogen) atoms. The summed E-state index contributed by atoms with van der Waals surface area (Å²) >= 11 is 0.